The molecule has 2 aromatic rings. The van der Waals surface area contributed by atoms with Crippen molar-refractivity contribution in [3.05, 3.63) is 51.7 Å². The summed E-state index contributed by atoms with van der Waals surface area (Å²) < 4.78 is 0. The molecule has 132 valence electrons. The number of nitrogens with zero attached hydrogens (tertiary/aromatic N) is 3. The smallest absolute Gasteiger partial charge is 0.238 e. The summed E-state index contributed by atoms with van der Waals surface area (Å²) in [6, 6.07) is 9.10. The fraction of sp³-hybridized carbons (Fsp3) is 0.294. The van der Waals surface area contributed by atoms with Crippen molar-refractivity contribution in [2.24, 2.45) is 0 Å². The van der Waals surface area contributed by atoms with Crippen LogP contribution in [0.15, 0.2) is 36.5 Å². The summed E-state index contributed by atoms with van der Waals surface area (Å²) in [4.78, 5) is 20.5. The summed E-state index contributed by atoms with van der Waals surface area (Å²) in [6.45, 7) is 3.53. The van der Waals surface area contributed by atoms with Gasteiger partial charge in [0, 0.05) is 38.1 Å². The van der Waals surface area contributed by atoms with Gasteiger partial charge in [-0.1, -0.05) is 34.8 Å². The first-order chi connectivity index (χ1) is 12.0. The molecule has 1 amide bonds. The molecule has 1 aliphatic rings. The number of amides is 1. The van der Waals surface area contributed by atoms with E-state index in [0.29, 0.717) is 27.4 Å². The second-order valence-corrected chi connectivity index (χ2v) is 6.92. The highest BCUT2D eigenvalue weighted by atomic mass is 35.5. The van der Waals surface area contributed by atoms with Gasteiger partial charge in [0.15, 0.2) is 5.15 Å². The van der Waals surface area contributed by atoms with Crippen LogP contribution >= 0.6 is 34.8 Å². The van der Waals surface area contributed by atoms with Gasteiger partial charge in [0.2, 0.25) is 5.91 Å². The normalized spacial score (nSPS) is 15.2. The minimum absolute atomic E-state index is 0.0992. The molecule has 0 spiro atoms. The first-order valence-electron chi connectivity index (χ1n) is 7.85. The molecule has 1 aliphatic heterocycles. The zero-order valence-corrected chi connectivity index (χ0v) is 15.7. The summed E-state index contributed by atoms with van der Waals surface area (Å²) in [6.07, 6.45) is 1.58. The summed E-state index contributed by atoms with van der Waals surface area (Å²) in [5, 5.41) is 4.19. The van der Waals surface area contributed by atoms with Gasteiger partial charge in [-0.15, -0.1) is 0 Å². The standard InChI is InChI=1S/C17H17Cl3N4O/c18-13-4-3-12(10-14(13)19)24-8-6-23(7-9-24)11-16(25)22-15-2-1-5-21-17(15)20/h1-5,10H,6-9,11H2,(H,22,25). The van der Waals surface area contributed by atoms with Crippen LogP contribution in [-0.4, -0.2) is 48.5 Å². The van der Waals surface area contributed by atoms with E-state index in [1.165, 1.54) is 0 Å². The first-order valence-corrected chi connectivity index (χ1v) is 8.99. The van der Waals surface area contributed by atoms with Crippen molar-refractivity contribution in [2.45, 2.75) is 0 Å². The van der Waals surface area contributed by atoms with E-state index < -0.39 is 0 Å². The number of rotatable bonds is 4. The molecule has 1 N–H and O–H groups in total. The van der Waals surface area contributed by atoms with Gasteiger partial charge in [0.1, 0.15) is 0 Å². The number of carbonyl (C=O) groups is 1. The van der Waals surface area contributed by atoms with Crippen molar-refractivity contribution in [1.82, 2.24) is 9.88 Å². The van der Waals surface area contributed by atoms with Gasteiger partial charge in [-0.05, 0) is 30.3 Å². The molecule has 0 saturated carbocycles. The van der Waals surface area contributed by atoms with Crippen molar-refractivity contribution in [2.75, 3.05) is 42.9 Å². The van der Waals surface area contributed by atoms with Crippen molar-refractivity contribution in [3.8, 4) is 0 Å². The van der Waals surface area contributed by atoms with Crippen molar-refractivity contribution in [1.29, 1.82) is 0 Å². The van der Waals surface area contributed by atoms with Crippen LogP contribution in [0.1, 0.15) is 0 Å². The predicted molar refractivity (Wildman–Crippen MR) is 103 cm³/mol. The van der Waals surface area contributed by atoms with Crippen LogP contribution in [0.5, 0.6) is 0 Å². The Bertz CT molecular complexity index is 763. The highest BCUT2D eigenvalue weighted by Gasteiger charge is 2.20. The van der Waals surface area contributed by atoms with E-state index >= 15 is 0 Å². The predicted octanol–water partition coefficient (Wildman–Crippen LogP) is 3.80. The Labute approximate surface area is 161 Å². The largest absolute Gasteiger partial charge is 0.369 e. The van der Waals surface area contributed by atoms with Gasteiger partial charge in [0.05, 0.1) is 22.3 Å². The third-order valence-corrected chi connectivity index (χ3v) is 5.08. The summed E-state index contributed by atoms with van der Waals surface area (Å²) >= 11 is 18.0. The second kappa shape index (κ2) is 8.23. The number of pyridine rings is 1. The highest BCUT2D eigenvalue weighted by Crippen LogP contribution is 2.27. The van der Waals surface area contributed by atoms with Crippen LogP contribution in [0.25, 0.3) is 0 Å². The van der Waals surface area contributed by atoms with Crippen molar-refractivity contribution in [3.63, 3.8) is 0 Å². The average Bonchev–Trinajstić information content (AvgIpc) is 2.60. The Morgan fingerprint density at radius 1 is 1.08 bits per heavy atom. The number of anilines is 2. The van der Waals surface area contributed by atoms with Gasteiger partial charge in [-0.25, -0.2) is 4.98 Å². The second-order valence-electron chi connectivity index (χ2n) is 5.75. The molecule has 0 atom stereocenters. The van der Waals surface area contributed by atoms with E-state index in [-0.39, 0.29) is 5.91 Å². The zero-order valence-electron chi connectivity index (χ0n) is 13.4. The minimum Gasteiger partial charge on any atom is -0.369 e. The third-order valence-electron chi connectivity index (χ3n) is 4.04. The number of aromatic nitrogens is 1. The SMILES string of the molecule is O=C(CN1CCN(c2ccc(Cl)c(Cl)c2)CC1)Nc1cccnc1Cl. The summed E-state index contributed by atoms with van der Waals surface area (Å²) in [5.41, 5.74) is 1.57. The molecule has 3 rings (SSSR count). The van der Waals surface area contributed by atoms with Crippen LogP contribution in [0.2, 0.25) is 15.2 Å². The van der Waals surface area contributed by atoms with Crippen LogP contribution in [0.4, 0.5) is 11.4 Å². The summed E-state index contributed by atoms with van der Waals surface area (Å²) in [5.74, 6) is -0.0992. The van der Waals surface area contributed by atoms with Gasteiger partial charge in [-0.2, -0.15) is 0 Å². The highest BCUT2D eigenvalue weighted by molar-refractivity contribution is 6.42. The van der Waals surface area contributed by atoms with Crippen molar-refractivity contribution >= 4 is 52.1 Å². The molecule has 0 unspecified atom stereocenters. The lowest BCUT2D eigenvalue weighted by molar-refractivity contribution is -0.117. The van der Waals surface area contributed by atoms with Gasteiger partial charge < -0.3 is 10.2 Å². The Kier molecular flexibility index (Phi) is 6.02. The molecular weight excluding hydrogens is 383 g/mol. The number of nitrogens with one attached hydrogen (secondary N) is 1. The lowest BCUT2D eigenvalue weighted by atomic mass is 10.2. The molecular formula is C17H17Cl3N4O. The Balaban J connectivity index is 1.51. The summed E-state index contributed by atoms with van der Waals surface area (Å²) in [7, 11) is 0. The zero-order chi connectivity index (χ0) is 17.8. The number of hydrogen-bond acceptors (Lipinski definition) is 4. The lowest BCUT2D eigenvalue weighted by Crippen LogP contribution is -2.48. The maximum absolute atomic E-state index is 12.2. The number of hydrogen-bond donors (Lipinski definition) is 1. The van der Waals surface area contributed by atoms with E-state index in [1.807, 2.05) is 12.1 Å². The molecule has 1 fully saturated rings. The van der Waals surface area contributed by atoms with E-state index in [9.17, 15) is 4.79 Å². The third kappa shape index (κ3) is 4.76. The topological polar surface area (TPSA) is 48.5 Å². The molecule has 0 radical (unpaired) electrons. The molecule has 1 saturated heterocycles. The van der Waals surface area contributed by atoms with E-state index in [2.05, 4.69) is 20.1 Å². The van der Waals surface area contributed by atoms with Crippen molar-refractivity contribution < 1.29 is 4.79 Å². The Hall–Kier alpha value is -1.53. The minimum atomic E-state index is -0.0992. The molecule has 1 aromatic heterocycles. The number of benzene rings is 1. The molecule has 1 aromatic carbocycles. The number of carbonyl (C=O) groups excluding carboxylic acids is 1. The quantitative estimate of drug-likeness (QED) is 0.794. The van der Waals surface area contributed by atoms with Gasteiger partial charge in [0.25, 0.3) is 0 Å². The fourth-order valence-corrected chi connectivity index (χ4v) is 3.18. The Morgan fingerprint density at radius 2 is 1.84 bits per heavy atom. The molecule has 25 heavy (non-hydrogen) atoms. The fourth-order valence-electron chi connectivity index (χ4n) is 2.72. The number of halogens is 3. The molecule has 8 heteroatoms. The van der Waals surface area contributed by atoms with E-state index in [4.69, 9.17) is 34.8 Å². The van der Waals surface area contributed by atoms with Crippen LogP contribution < -0.4 is 10.2 Å². The number of piperazine rings is 1. The van der Waals surface area contributed by atoms with Crippen LogP contribution in [-0.2, 0) is 4.79 Å². The monoisotopic (exact) mass is 398 g/mol. The molecule has 0 aliphatic carbocycles. The van der Waals surface area contributed by atoms with E-state index in [0.717, 1.165) is 31.9 Å². The first kappa shape index (κ1) is 18.3. The van der Waals surface area contributed by atoms with Crippen LogP contribution in [0, 0.1) is 0 Å². The average molecular weight is 400 g/mol. The molecule has 0 bridgehead atoms. The lowest BCUT2D eigenvalue weighted by Gasteiger charge is -2.35. The van der Waals surface area contributed by atoms with Gasteiger partial charge >= 0.3 is 0 Å². The maximum Gasteiger partial charge on any atom is 0.238 e. The molecule has 2 heterocycles. The van der Waals surface area contributed by atoms with Crippen LogP contribution in [0.3, 0.4) is 0 Å². The van der Waals surface area contributed by atoms with E-state index in [1.54, 1.807) is 24.4 Å². The molecule has 5 nitrogen and oxygen atoms in total. The Morgan fingerprint density at radius 3 is 2.52 bits per heavy atom. The maximum atomic E-state index is 12.2. The van der Waals surface area contributed by atoms with Gasteiger partial charge in [-0.3, -0.25) is 9.69 Å².